The highest BCUT2D eigenvalue weighted by Crippen LogP contribution is 2.24. The Balaban J connectivity index is 2.94. The molecule has 0 aliphatic carbocycles. The first kappa shape index (κ1) is 15.9. The van der Waals surface area contributed by atoms with Gasteiger partial charge in [0, 0.05) is 32.8 Å². The third-order valence-corrected chi connectivity index (χ3v) is 3.03. The van der Waals surface area contributed by atoms with Crippen molar-refractivity contribution in [2.75, 3.05) is 31.7 Å². The number of ether oxygens (including phenoxy) is 1. The van der Waals surface area contributed by atoms with E-state index in [9.17, 15) is 4.39 Å². The third kappa shape index (κ3) is 4.80. The number of nitrogens with zero attached hydrogens (tertiary/aromatic N) is 1. The van der Waals surface area contributed by atoms with E-state index in [1.54, 1.807) is 13.2 Å². The predicted octanol–water partition coefficient (Wildman–Crippen LogP) is 2.80. The molecule has 0 radical (unpaired) electrons. The number of methoxy groups -OCH3 is 1. The van der Waals surface area contributed by atoms with E-state index in [1.165, 1.54) is 6.07 Å². The lowest BCUT2D eigenvalue weighted by molar-refractivity contribution is 0.205. The molecule has 19 heavy (non-hydrogen) atoms. The molecule has 0 bridgehead atoms. The van der Waals surface area contributed by atoms with Crippen molar-refractivity contribution in [2.24, 2.45) is 0 Å². The summed E-state index contributed by atoms with van der Waals surface area (Å²) in [6.07, 6.45) is 0. The number of likely N-dealkylation sites (N-methyl/N-ethyl adjacent to an activating group) is 1. The van der Waals surface area contributed by atoms with Crippen molar-refractivity contribution in [1.82, 2.24) is 5.32 Å². The second-order valence-electron chi connectivity index (χ2n) is 4.86. The first-order valence-electron chi connectivity index (χ1n) is 6.84. The summed E-state index contributed by atoms with van der Waals surface area (Å²) in [6.45, 7) is 8.93. The van der Waals surface area contributed by atoms with Crippen LogP contribution in [0.4, 0.5) is 10.1 Å². The molecule has 0 spiro atoms. The molecule has 4 heteroatoms. The minimum atomic E-state index is -0.166. The first-order valence-corrected chi connectivity index (χ1v) is 6.84. The number of para-hydroxylation sites is 1. The second-order valence-corrected chi connectivity index (χ2v) is 4.86. The van der Waals surface area contributed by atoms with Gasteiger partial charge in [0.05, 0.1) is 12.3 Å². The summed E-state index contributed by atoms with van der Waals surface area (Å²) in [7, 11) is 1.66. The molecule has 0 aliphatic heterocycles. The van der Waals surface area contributed by atoms with Gasteiger partial charge in [0.2, 0.25) is 0 Å². The number of halogens is 1. The van der Waals surface area contributed by atoms with Gasteiger partial charge in [-0.25, -0.2) is 4.39 Å². The summed E-state index contributed by atoms with van der Waals surface area (Å²) in [4.78, 5) is 2.02. The van der Waals surface area contributed by atoms with E-state index < -0.39 is 0 Å². The summed E-state index contributed by atoms with van der Waals surface area (Å²) >= 11 is 0. The van der Waals surface area contributed by atoms with Gasteiger partial charge < -0.3 is 15.0 Å². The fraction of sp³-hybridized carbons (Fsp3) is 0.600. The Morgan fingerprint density at radius 1 is 1.37 bits per heavy atom. The van der Waals surface area contributed by atoms with Crippen LogP contribution in [0.15, 0.2) is 18.2 Å². The molecular weight excluding hydrogens is 243 g/mol. The molecule has 0 aromatic heterocycles. The maximum atomic E-state index is 14.1. The Morgan fingerprint density at radius 3 is 2.68 bits per heavy atom. The van der Waals surface area contributed by atoms with Crippen LogP contribution in [0.3, 0.4) is 0 Å². The highest BCUT2D eigenvalue weighted by Gasteiger charge is 2.14. The lowest BCUT2D eigenvalue weighted by atomic mass is 10.1. The van der Waals surface area contributed by atoms with Gasteiger partial charge in [-0.3, -0.25) is 0 Å². The van der Waals surface area contributed by atoms with Gasteiger partial charge in [-0.05, 0) is 18.6 Å². The number of benzene rings is 1. The van der Waals surface area contributed by atoms with Gasteiger partial charge in [-0.1, -0.05) is 26.0 Å². The minimum absolute atomic E-state index is 0.166. The van der Waals surface area contributed by atoms with Crippen LogP contribution in [0.5, 0.6) is 0 Å². The molecule has 0 atom stereocenters. The zero-order valence-corrected chi connectivity index (χ0v) is 12.4. The fourth-order valence-corrected chi connectivity index (χ4v) is 2.00. The van der Waals surface area contributed by atoms with Crippen LogP contribution < -0.4 is 10.2 Å². The van der Waals surface area contributed by atoms with Crippen LogP contribution in [0.1, 0.15) is 26.3 Å². The van der Waals surface area contributed by atoms with Crippen molar-refractivity contribution in [2.45, 2.75) is 33.4 Å². The van der Waals surface area contributed by atoms with Crippen LogP contribution in [-0.2, 0) is 11.3 Å². The van der Waals surface area contributed by atoms with Crippen molar-refractivity contribution in [3.05, 3.63) is 29.6 Å². The van der Waals surface area contributed by atoms with Crippen LogP contribution in [-0.4, -0.2) is 32.8 Å². The summed E-state index contributed by atoms with van der Waals surface area (Å²) in [5.74, 6) is -0.166. The Kier molecular flexibility index (Phi) is 6.81. The molecule has 1 N–H and O–H groups in total. The van der Waals surface area contributed by atoms with E-state index in [2.05, 4.69) is 19.2 Å². The van der Waals surface area contributed by atoms with E-state index in [0.717, 1.165) is 12.1 Å². The highest BCUT2D eigenvalue weighted by atomic mass is 19.1. The zero-order valence-electron chi connectivity index (χ0n) is 12.4. The van der Waals surface area contributed by atoms with Gasteiger partial charge in [-0.15, -0.1) is 0 Å². The molecule has 0 saturated heterocycles. The van der Waals surface area contributed by atoms with Crippen molar-refractivity contribution in [3.63, 3.8) is 0 Å². The third-order valence-electron chi connectivity index (χ3n) is 3.03. The van der Waals surface area contributed by atoms with Crippen LogP contribution in [0.2, 0.25) is 0 Å². The van der Waals surface area contributed by atoms with Crippen molar-refractivity contribution in [1.29, 1.82) is 0 Å². The molecule has 0 heterocycles. The fourth-order valence-electron chi connectivity index (χ4n) is 2.00. The lowest BCUT2D eigenvalue weighted by Gasteiger charge is -2.26. The van der Waals surface area contributed by atoms with E-state index in [0.29, 0.717) is 31.4 Å². The summed E-state index contributed by atoms with van der Waals surface area (Å²) in [6, 6.07) is 5.64. The number of nitrogens with one attached hydrogen (secondary N) is 1. The van der Waals surface area contributed by atoms with Crippen LogP contribution >= 0.6 is 0 Å². The van der Waals surface area contributed by atoms with Crippen molar-refractivity contribution < 1.29 is 9.13 Å². The van der Waals surface area contributed by atoms with Crippen LogP contribution in [0, 0.1) is 5.82 Å². The number of hydrogen-bond donors (Lipinski definition) is 1. The Bertz CT molecular complexity index is 382. The molecule has 0 aliphatic rings. The average Bonchev–Trinajstić information content (AvgIpc) is 2.39. The predicted molar refractivity (Wildman–Crippen MR) is 78.1 cm³/mol. The monoisotopic (exact) mass is 268 g/mol. The molecule has 0 fully saturated rings. The molecular formula is C15H25FN2O. The van der Waals surface area contributed by atoms with E-state index in [-0.39, 0.29) is 5.82 Å². The molecule has 1 rings (SSSR count). The highest BCUT2D eigenvalue weighted by molar-refractivity contribution is 5.55. The van der Waals surface area contributed by atoms with E-state index >= 15 is 0 Å². The van der Waals surface area contributed by atoms with Gasteiger partial charge >= 0.3 is 0 Å². The molecule has 1 aromatic carbocycles. The lowest BCUT2D eigenvalue weighted by Crippen LogP contribution is -2.30. The minimum Gasteiger partial charge on any atom is -0.383 e. The normalized spacial score (nSPS) is 11.1. The number of hydrogen-bond acceptors (Lipinski definition) is 3. The summed E-state index contributed by atoms with van der Waals surface area (Å²) < 4.78 is 19.2. The van der Waals surface area contributed by atoms with E-state index in [1.807, 2.05) is 17.9 Å². The molecule has 108 valence electrons. The van der Waals surface area contributed by atoms with Gasteiger partial charge in [-0.2, -0.15) is 0 Å². The van der Waals surface area contributed by atoms with Crippen molar-refractivity contribution in [3.8, 4) is 0 Å². The smallest absolute Gasteiger partial charge is 0.146 e. The standard InChI is InChI=1S/C15H25FN2O/c1-5-18(9-10-19-4)15-13(11-17-12(2)3)7-6-8-14(15)16/h6-8,12,17H,5,9-11H2,1-4H3. The maximum Gasteiger partial charge on any atom is 0.146 e. The Morgan fingerprint density at radius 2 is 2.11 bits per heavy atom. The SMILES string of the molecule is CCN(CCOC)c1c(F)cccc1CNC(C)C. The Labute approximate surface area is 115 Å². The summed E-state index contributed by atoms with van der Waals surface area (Å²) in [5.41, 5.74) is 1.68. The zero-order chi connectivity index (χ0) is 14.3. The van der Waals surface area contributed by atoms with Crippen molar-refractivity contribution >= 4 is 5.69 Å². The largest absolute Gasteiger partial charge is 0.383 e. The quantitative estimate of drug-likeness (QED) is 0.784. The van der Waals surface area contributed by atoms with Crippen LogP contribution in [0.25, 0.3) is 0 Å². The molecule has 3 nitrogen and oxygen atoms in total. The van der Waals surface area contributed by atoms with Gasteiger partial charge in [0.15, 0.2) is 0 Å². The topological polar surface area (TPSA) is 24.5 Å². The Hall–Kier alpha value is -1.13. The van der Waals surface area contributed by atoms with E-state index in [4.69, 9.17) is 4.74 Å². The van der Waals surface area contributed by atoms with Gasteiger partial charge in [0.25, 0.3) is 0 Å². The first-order chi connectivity index (χ1) is 9.10. The molecule has 1 aromatic rings. The number of anilines is 1. The molecule has 0 amide bonds. The van der Waals surface area contributed by atoms with Gasteiger partial charge in [0.1, 0.15) is 5.82 Å². The molecule has 0 saturated carbocycles. The summed E-state index contributed by atoms with van der Waals surface area (Å²) in [5, 5.41) is 3.34. The second kappa shape index (κ2) is 8.12. The average molecular weight is 268 g/mol. The maximum absolute atomic E-state index is 14.1. The number of rotatable bonds is 8. The molecule has 0 unspecified atom stereocenters.